The van der Waals surface area contributed by atoms with Crippen LogP contribution in [0, 0.1) is 0 Å². The van der Waals surface area contributed by atoms with E-state index in [0.29, 0.717) is 0 Å². The summed E-state index contributed by atoms with van der Waals surface area (Å²) in [5, 5.41) is 0.636. The van der Waals surface area contributed by atoms with Gasteiger partial charge in [0.2, 0.25) is 5.91 Å². The molecule has 2 aromatic rings. The molecule has 0 spiro atoms. The SMILES string of the molecule is CC(Sc1nccn1-c1ccc(Br)cc1)C(=O)N(C(C)C)C(C)C. The number of carbonyl (C=O) groups is 1. The minimum atomic E-state index is -0.189. The monoisotopic (exact) mass is 409 g/mol. The lowest BCUT2D eigenvalue weighted by molar-refractivity contribution is -0.133. The number of amides is 1. The van der Waals surface area contributed by atoms with Crippen LogP contribution < -0.4 is 0 Å². The van der Waals surface area contributed by atoms with Crippen LogP contribution in [-0.4, -0.2) is 37.7 Å². The fourth-order valence-electron chi connectivity index (χ4n) is 2.70. The lowest BCUT2D eigenvalue weighted by Crippen LogP contribution is -2.45. The lowest BCUT2D eigenvalue weighted by atomic mass is 10.2. The van der Waals surface area contributed by atoms with E-state index < -0.39 is 0 Å². The van der Waals surface area contributed by atoms with Crippen molar-refractivity contribution in [3.8, 4) is 5.69 Å². The van der Waals surface area contributed by atoms with Gasteiger partial charge in [-0.05, 0) is 58.9 Å². The molecule has 6 heteroatoms. The van der Waals surface area contributed by atoms with Gasteiger partial charge in [0.05, 0.1) is 5.25 Å². The maximum Gasteiger partial charge on any atom is 0.236 e. The highest BCUT2D eigenvalue weighted by molar-refractivity contribution is 9.10. The molecule has 130 valence electrons. The second kappa shape index (κ2) is 8.21. The first-order valence-corrected chi connectivity index (χ1v) is 9.76. The molecule has 0 saturated heterocycles. The van der Waals surface area contributed by atoms with Gasteiger partial charge in [0, 0.05) is 34.6 Å². The molecule has 0 radical (unpaired) electrons. The lowest BCUT2D eigenvalue weighted by Gasteiger charge is -2.32. The van der Waals surface area contributed by atoms with E-state index in [1.807, 2.05) is 46.9 Å². The predicted octanol–water partition coefficient (Wildman–Crippen LogP) is 4.76. The average molecular weight is 410 g/mol. The number of rotatable bonds is 6. The first-order chi connectivity index (χ1) is 11.3. The third-order valence-electron chi connectivity index (χ3n) is 3.71. The normalized spacial score (nSPS) is 12.7. The molecular formula is C18H24BrN3OS. The van der Waals surface area contributed by atoms with Gasteiger partial charge >= 0.3 is 0 Å². The van der Waals surface area contributed by atoms with Crippen LogP contribution in [0.5, 0.6) is 0 Å². The topological polar surface area (TPSA) is 38.1 Å². The zero-order valence-corrected chi connectivity index (χ0v) is 17.1. The Bertz CT molecular complexity index is 674. The van der Waals surface area contributed by atoms with E-state index in [2.05, 4.69) is 48.6 Å². The zero-order chi connectivity index (χ0) is 17.9. The highest BCUT2D eigenvalue weighted by Gasteiger charge is 2.26. The molecule has 1 atom stereocenters. The molecule has 1 aromatic heterocycles. The van der Waals surface area contributed by atoms with Crippen molar-refractivity contribution in [2.24, 2.45) is 0 Å². The average Bonchev–Trinajstić information content (AvgIpc) is 2.95. The number of aromatic nitrogens is 2. The summed E-state index contributed by atoms with van der Waals surface area (Å²) in [5.41, 5.74) is 1.03. The first-order valence-electron chi connectivity index (χ1n) is 8.09. The van der Waals surface area contributed by atoms with E-state index in [-0.39, 0.29) is 23.2 Å². The van der Waals surface area contributed by atoms with Gasteiger partial charge in [-0.2, -0.15) is 0 Å². The Morgan fingerprint density at radius 3 is 2.25 bits per heavy atom. The second-order valence-electron chi connectivity index (χ2n) is 6.25. The molecule has 0 bridgehead atoms. The summed E-state index contributed by atoms with van der Waals surface area (Å²) < 4.78 is 3.05. The summed E-state index contributed by atoms with van der Waals surface area (Å²) >= 11 is 4.95. The molecule has 0 N–H and O–H groups in total. The van der Waals surface area contributed by atoms with Crippen molar-refractivity contribution in [3.63, 3.8) is 0 Å². The van der Waals surface area contributed by atoms with E-state index in [0.717, 1.165) is 15.3 Å². The molecule has 24 heavy (non-hydrogen) atoms. The molecule has 1 amide bonds. The van der Waals surface area contributed by atoms with Crippen molar-refractivity contribution >= 4 is 33.6 Å². The van der Waals surface area contributed by atoms with Gasteiger partial charge < -0.3 is 4.90 Å². The molecule has 1 unspecified atom stereocenters. The summed E-state index contributed by atoms with van der Waals surface area (Å²) in [4.78, 5) is 19.2. The van der Waals surface area contributed by atoms with Crippen LogP contribution in [0.3, 0.4) is 0 Å². The summed E-state index contributed by atoms with van der Waals surface area (Å²) in [6, 6.07) is 8.42. The smallest absolute Gasteiger partial charge is 0.236 e. The summed E-state index contributed by atoms with van der Waals surface area (Å²) in [6.07, 6.45) is 3.69. The van der Waals surface area contributed by atoms with Gasteiger partial charge in [0.25, 0.3) is 0 Å². The molecule has 1 aromatic carbocycles. The fourth-order valence-corrected chi connectivity index (χ4v) is 3.90. The quantitative estimate of drug-likeness (QED) is 0.645. The van der Waals surface area contributed by atoms with Gasteiger partial charge in [-0.3, -0.25) is 9.36 Å². The predicted molar refractivity (Wildman–Crippen MR) is 104 cm³/mol. The highest BCUT2D eigenvalue weighted by Crippen LogP contribution is 2.27. The van der Waals surface area contributed by atoms with Crippen LogP contribution in [0.25, 0.3) is 5.69 Å². The van der Waals surface area contributed by atoms with Crippen molar-refractivity contribution in [2.75, 3.05) is 0 Å². The molecule has 0 aliphatic heterocycles. The number of halogens is 1. The third-order valence-corrected chi connectivity index (χ3v) is 5.31. The standard InChI is InChI=1S/C18H24BrN3OS/c1-12(2)22(13(3)4)17(23)14(5)24-18-20-10-11-21(18)16-8-6-15(19)7-9-16/h6-14H,1-5H3. The van der Waals surface area contributed by atoms with Crippen LogP contribution >= 0.6 is 27.7 Å². The Hall–Kier alpha value is -1.27. The van der Waals surface area contributed by atoms with Crippen LogP contribution in [-0.2, 0) is 4.79 Å². The van der Waals surface area contributed by atoms with E-state index in [9.17, 15) is 4.79 Å². The van der Waals surface area contributed by atoms with E-state index in [1.54, 1.807) is 6.20 Å². The largest absolute Gasteiger partial charge is 0.337 e. The number of carbonyl (C=O) groups excluding carboxylic acids is 1. The van der Waals surface area contributed by atoms with Gasteiger partial charge in [-0.25, -0.2) is 4.98 Å². The summed E-state index contributed by atoms with van der Waals surface area (Å²) in [6.45, 7) is 10.2. The Kier molecular flexibility index (Phi) is 6.52. The van der Waals surface area contributed by atoms with Gasteiger partial charge in [0.1, 0.15) is 0 Å². The number of nitrogens with zero attached hydrogens (tertiary/aromatic N) is 3. The molecule has 0 aliphatic carbocycles. The Labute approximate surface area is 156 Å². The first kappa shape index (κ1) is 19.1. The molecule has 4 nitrogen and oxygen atoms in total. The van der Waals surface area contributed by atoms with E-state index >= 15 is 0 Å². The Balaban J connectivity index is 2.18. The maximum absolute atomic E-state index is 12.8. The van der Waals surface area contributed by atoms with Crippen molar-refractivity contribution in [3.05, 3.63) is 41.1 Å². The maximum atomic E-state index is 12.8. The molecule has 2 rings (SSSR count). The van der Waals surface area contributed by atoms with E-state index in [1.165, 1.54) is 11.8 Å². The highest BCUT2D eigenvalue weighted by atomic mass is 79.9. The van der Waals surface area contributed by atoms with Crippen molar-refractivity contribution in [2.45, 2.75) is 57.1 Å². The Morgan fingerprint density at radius 2 is 1.71 bits per heavy atom. The molecule has 0 aliphatic rings. The number of hydrogen-bond donors (Lipinski definition) is 0. The minimum Gasteiger partial charge on any atom is -0.337 e. The van der Waals surface area contributed by atoms with E-state index in [4.69, 9.17) is 0 Å². The number of hydrogen-bond acceptors (Lipinski definition) is 3. The van der Waals surface area contributed by atoms with Crippen LogP contribution in [0.15, 0.2) is 46.3 Å². The van der Waals surface area contributed by atoms with Crippen LogP contribution in [0.4, 0.5) is 0 Å². The fraction of sp³-hybridized carbons (Fsp3) is 0.444. The Morgan fingerprint density at radius 1 is 1.12 bits per heavy atom. The summed E-state index contributed by atoms with van der Waals surface area (Å²) in [5.74, 6) is 0.148. The van der Waals surface area contributed by atoms with Crippen LogP contribution in [0.1, 0.15) is 34.6 Å². The van der Waals surface area contributed by atoms with Gasteiger partial charge in [-0.15, -0.1) is 0 Å². The second-order valence-corrected chi connectivity index (χ2v) is 8.47. The van der Waals surface area contributed by atoms with Gasteiger partial charge in [-0.1, -0.05) is 27.7 Å². The van der Waals surface area contributed by atoms with Gasteiger partial charge in [0.15, 0.2) is 5.16 Å². The number of imidazole rings is 1. The minimum absolute atomic E-state index is 0.148. The third kappa shape index (κ3) is 4.42. The zero-order valence-electron chi connectivity index (χ0n) is 14.7. The van der Waals surface area contributed by atoms with Crippen molar-refractivity contribution in [1.82, 2.24) is 14.5 Å². The molecule has 1 heterocycles. The van der Waals surface area contributed by atoms with Crippen molar-refractivity contribution in [1.29, 1.82) is 0 Å². The molecule has 0 fully saturated rings. The van der Waals surface area contributed by atoms with Crippen LogP contribution in [0.2, 0.25) is 0 Å². The summed E-state index contributed by atoms with van der Waals surface area (Å²) in [7, 11) is 0. The number of thioether (sulfide) groups is 1. The van der Waals surface area contributed by atoms with Crippen molar-refractivity contribution < 1.29 is 4.79 Å². The molecule has 0 saturated carbocycles. The number of benzene rings is 1. The molecular weight excluding hydrogens is 386 g/mol.